The number of nitro benzene ring substituents is 1. The SMILES string of the molecule is O=C(NC(=S)Nc1ccc([N+](=O)[O-])cc1)c1ccccc1. The molecule has 6 nitrogen and oxygen atoms in total. The Labute approximate surface area is 125 Å². The molecule has 0 heterocycles. The van der Waals surface area contributed by atoms with Gasteiger partial charge in [-0.15, -0.1) is 0 Å². The lowest BCUT2D eigenvalue weighted by molar-refractivity contribution is -0.384. The van der Waals surface area contributed by atoms with Crippen molar-refractivity contribution < 1.29 is 9.72 Å². The van der Waals surface area contributed by atoms with Crippen molar-refractivity contribution in [2.45, 2.75) is 0 Å². The molecule has 1 amide bonds. The van der Waals surface area contributed by atoms with Crippen LogP contribution in [-0.4, -0.2) is 15.9 Å². The fraction of sp³-hybridized carbons (Fsp3) is 0. The van der Waals surface area contributed by atoms with Gasteiger partial charge in [-0.05, 0) is 36.5 Å². The van der Waals surface area contributed by atoms with Gasteiger partial charge in [-0.2, -0.15) is 0 Å². The summed E-state index contributed by atoms with van der Waals surface area (Å²) in [5.41, 5.74) is 1.03. The van der Waals surface area contributed by atoms with E-state index >= 15 is 0 Å². The summed E-state index contributed by atoms with van der Waals surface area (Å²) in [5.74, 6) is -0.324. The molecule has 0 unspecified atom stereocenters. The molecule has 2 aromatic rings. The molecule has 0 spiro atoms. The van der Waals surface area contributed by atoms with Crippen molar-refractivity contribution in [2.24, 2.45) is 0 Å². The number of nitrogens with zero attached hydrogens (tertiary/aromatic N) is 1. The maximum absolute atomic E-state index is 11.9. The van der Waals surface area contributed by atoms with Crippen molar-refractivity contribution >= 4 is 34.6 Å². The molecule has 0 aliphatic heterocycles. The highest BCUT2D eigenvalue weighted by Gasteiger charge is 2.08. The van der Waals surface area contributed by atoms with Gasteiger partial charge >= 0.3 is 0 Å². The van der Waals surface area contributed by atoms with Gasteiger partial charge < -0.3 is 5.32 Å². The second-order valence-corrected chi connectivity index (χ2v) is 4.49. The summed E-state index contributed by atoms with van der Waals surface area (Å²) in [6, 6.07) is 14.4. The van der Waals surface area contributed by atoms with Crippen LogP contribution in [0.2, 0.25) is 0 Å². The van der Waals surface area contributed by atoms with Crippen molar-refractivity contribution in [3.05, 3.63) is 70.3 Å². The number of nitrogens with one attached hydrogen (secondary N) is 2. The Morgan fingerprint density at radius 3 is 2.24 bits per heavy atom. The van der Waals surface area contributed by atoms with E-state index in [0.29, 0.717) is 11.3 Å². The number of rotatable bonds is 3. The summed E-state index contributed by atoms with van der Waals surface area (Å²) < 4.78 is 0. The quantitative estimate of drug-likeness (QED) is 0.517. The highest BCUT2D eigenvalue weighted by molar-refractivity contribution is 7.80. The molecule has 0 aliphatic carbocycles. The van der Waals surface area contributed by atoms with Crippen LogP contribution in [0.15, 0.2) is 54.6 Å². The van der Waals surface area contributed by atoms with Gasteiger partial charge in [0.2, 0.25) is 0 Å². The third kappa shape index (κ3) is 4.08. The fourth-order valence-corrected chi connectivity index (χ4v) is 1.80. The van der Waals surface area contributed by atoms with E-state index in [0.717, 1.165) is 0 Å². The molecule has 0 fully saturated rings. The number of thiocarbonyl (C=S) groups is 1. The van der Waals surface area contributed by atoms with Crippen LogP contribution in [0, 0.1) is 10.1 Å². The van der Waals surface area contributed by atoms with Gasteiger partial charge in [0, 0.05) is 23.4 Å². The van der Waals surface area contributed by atoms with Gasteiger partial charge in [0.1, 0.15) is 0 Å². The molecular formula is C14H11N3O3S. The first kappa shape index (κ1) is 14.6. The molecule has 106 valence electrons. The minimum Gasteiger partial charge on any atom is -0.332 e. The lowest BCUT2D eigenvalue weighted by atomic mass is 10.2. The highest BCUT2D eigenvalue weighted by atomic mass is 32.1. The van der Waals surface area contributed by atoms with Crippen LogP contribution in [0.5, 0.6) is 0 Å². The third-order valence-corrected chi connectivity index (χ3v) is 2.80. The summed E-state index contributed by atoms with van der Waals surface area (Å²) >= 11 is 5.02. The van der Waals surface area contributed by atoms with Gasteiger partial charge in [0.15, 0.2) is 5.11 Å². The topological polar surface area (TPSA) is 84.3 Å². The maximum Gasteiger partial charge on any atom is 0.269 e. The van der Waals surface area contributed by atoms with E-state index in [1.165, 1.54) is 24.3 Å². The molecule has 2 rings (SSSR count). The van der Waals surface area contributed by atoms with Crippen molar-refractivity contribution in [3.8, 4) is 0 Å². The van der Waals surface area contributed by atoms with Gasteiger partial charge in [0.05, 0.1) is 4.92 Å². The largest absolute Gasteiger partial charge is 0.332 e. The second-order valence-electron chi connectivity index (χ2n) is 4.08. The number of carbonyl (C=O) groups is 1. The van der Waals surface area contributed by atoms with Crippen LogP contribution in [0.25, 0.3) is 0 Å². The van der Waals surface area contributed by atoms with Gasteiger partial charge in [-0.1, -0.05) is 18.2 Å². The van der Waals surface area contributed by atoms with Gasteiger partial charge in [-0.25, -0.2) is 0 Å². The first-order valence-corrected chi connectivity index (χ1v) is 6.39. The van der Waals surface area contributed by atoms with Crippen LogP contribution in [0.3, 0.4) is 0 Å². The van der Waals surface area contributed by atoms with E-state index in [9.17, 15) is 14.9 Å². The molecule has 2 N–H and O–H groups in total. The molecule has 21 heavy (non-hydrogen) atoms. The molecule has 0 saturated carbocycles. The zero-order valence-corrected chi connectivity index (χ0v) is 11.6. The molecule has 0 saturated heterocycles. The molecule has 0 atom stereocenters. The summed E-state index contributed by atoms with van der Waals surface area (Å²) in [4.78, 5) is 21.9. The average molecular weight is 301 g/mol. The molecular weight excluding hydrogens is 290 g/mol. The van der Waals surface area contributed by atoms with Crippen LogP contribution in [0.4, 0.5) is 11.4 Å². The number of benzene rings is 2. The molecule has 0 radical (unpaired) electrons. The van der Waals surface area contributed by atoms with Crippen LogP contribution in [-0.2, 0) is 0 Å². The first-order chi connectivity index (χ1) is 10.1. The monoisotopic (exact) mass is 301 g/mol. The lowest BCUT2D eigenvalue weighted by Crippen LogP contribution is -2.34. The van der Waals surface area contributed by atoms with E-state index in [4.69, 9.17) is 12.2 Å². The van der Waals surface area contributed by atoms with Crippen molar-refractivity contribution in [2.75, 3.05) is 5.32 Å². The fourth-order valence-electron chi connectivity index (χ4n) is 1.59. The van der Waals surface area contributed by atoms with Crippen LogP contribution in [0.1, 0.15) is 10.4 Å². The van der Waals surface area contributed by atoms with Gasteiger partial charge in [0.25, 0.3) is 11.6 Å². The second kappa shape index (κ2) is 6.58. The van der Waals surface area contributed by atoms with E-state index in [2.05, 4.69) is 10.6 Å². The summed E-state index contributed by atoms with van der Waals surface area (Å²) in [6.07, 6.45) is 0. The molecule has 0 aromatic heterocycles. The summed E-state index contributed by atoms with van der Waals surface area (Å²) in [6.45, 7) is 0. The number of anilines is 1. The van der Waals surface area contributed by atoms with Gasteiger partial charge in [-0.3, -0.25) is 20.2 Å². The Hall–Kier alpha value is -2.80. The normalized spacial score (nSPS) is 9.71. The van der Waals surface area contributed by atoms with Crippen molar-refractivity contribution in [3.63, 3.8) is 0 Å². The molecule has 0 aliphatic rings. The number of amides is 1. The average Bonchev–Trinajstić information content (AvgIpc) is 2.48. The number of carbonyl (C=O) groups excluding carboxylic acids is 1. The Balaban J connectivity index is 1.95. The standard InChI is InChI=1S/C14H11N3O3S/c18-13(10-4-2-1-3-5-10)16-14(21)15-11-6-8-12(9-7-11)17(19)20/h1-9H,(H2,15,16,18,21). The smallest absolute Gasteiger partial charge is 0.269 e. The van der Waals surface area contributed by atoms with Crippen molar-refractivity contribution in [1.82, 2.24) is 5.32 Å². The maximum atomic E-state index is 11.9. The summed E-state index contributed by atoms with van der Waals surface area (Å²) in [7, 11) is 0. The first-order valence-electron chi connectivity index (χ1n) is 5.98. The van der Waals surface area contributed by atoms with Crippen LogP contribution < -0.4 is 10.6 Å². The Kier molecular flexibility index (Phi) is 4.57. The molecule has 7 heteroatoms. The Morgan fingerprint density at radius 1 is 1.05 bits per heavy atom. The predicted octanol–water partition coefficient (Wildman–Crippen LogP) is 2.72. The van der Waals surface area contributed by atoms with E-state index < -0.39 is 4.92 Å². The highest BCUT2D eigenvalue weighted by Crippen LogP contribution is 2.15. The number of hydrogen-bond donors (Lipinski definition) is 2. The third-order valence-electron chi connectivity index (χ3n) is 2.60. The number of hydrogen-bond acceptors (Lipinski definition) is 4. The van der Waals surface area contributed by atoms with E-state index in [-0.39, 0.29) is 16.7 Å². The number of non-ortho nitro benzene ring substituents is 1. The zero-order chi connectivity index (χ0) is 15.2. The summed E-state index contributed by atoms with van der Waals surface area (Å²) in [5, 5.41) is 16.0. The minimum atomic E-state index is -0.487. The minimum absolute atomic E-state index is 0.0141. The molecule has 0 bridgehead atoms. The predicted molar refractivity (Wildman–Crippen MR) is 83.2 cm³/mol. The van der Waals surface area contributed by atoms with E-state index in [1.54, 1.807) is 24.3 Å². The zero-order valence-electron chi connectivity index (χ0n) is 10.8. The Bertz CT molecular complexity index is 672. The van der Waals surface area contributed by atoms with Crippen LogP contribution >= 0.6 is 12.2 Å². The van der Waals surface area contributed by atoms with Crippen molar-refractivity contribution in [1.29, 1.82) is 0 Å². The van der Waals surface area contributed by atoms with E-state index in [1.807, 2.05) is 6.07 Å². The Morgan fingerprint density at radius 2 is 1.67 bits per heavy atom. The number of nitro groups is 1. The lowest BCUT2D eigenvalue weighted by Gasteiger charge is -2.09. The molecule has 2 aromatic carbocycles.